The molecule has 27 heavy (non-hydrogen) atoms. The van der Waals surface area contributed by atoms with Gasteiger partial charge in [0.2, 0.25) is 5.75 Å². The second-order valence-corrected chi connectivity index (χ2v) is 5.18. The van der Waals surface area contributed by atoms with Gasteiger partial charge in [0.25, 0.3) is 5.91 Å². The van der Waals surface area contributed by atoms with Crippen molar-refractivity contribution in [3.63, 3.8) is 0 Å². The van der Waals surface area contributed by atoms with E-state index in [4.69, 9.17) is 28.9 Å². The summed E-state index contributed by atoms with van der Waals surface area (Å²) in [5.41, 5.74) is 2.12. The fraction of sp³-hybridized carbons (Fsp3) is 0.211. The molecule has 0 aliphatic carbocycles. The second kappa shape index (κ2) is 9.35. The van der Waals surface area contributed by atoms with Gasteiger partial charge in [-0.1, -0.05) is 0 Å². The van der Waals surface area contributed by atoms with Gasteiger partial charge in [-0.15, -0.1) is 0 Å². The van der Waals surface area contributed by atoms with Crippen LogP contribution in [-0.2, 0) is 4.79 Å². The maximum Gasteiger partial charge on any atom is 0.267 e. The summed E-state index contributed by atoms with van der Waals surface area (Å²) in [6.07, 6.45) is 2.67. The molecule has 0 aliphatic heterocycles. The van der Waals surface area contributed by atoms with Gasteiger partial charge in [0.15, 0.2) is 11.5 Å². The van der Waals surface area contributed by atoms with Gasteiger partial charge in [-0.2, -0.15) is 0 Å². The highest BCUT2D eigenvalue weighted by Gasteiger charge is 2.15. The van der Waals surface area contributed by atoms with E-state index in [-0.39, 0.29) is 0 Å². The molecule has 0 unspecified atom stereocenters. The largest absolute Gasteiger partial charge is 0.497 e. The number of methoxy groups -OCH3 is 4. The van der Waals surface area contributed by atoms with Crippen LogP contribution in [0.5, 0.6) is 34.5 Å². The quantitative estimate of drug-likeness (QED) is 0.416. The molecule has 0 saturated heterocycles. The minimum Gasteiger partial charge on any atom is -0.497 e. The van der Waals surface area contributed by atoms with E-state index in [2.05, 4.69) is 0 Å². The molecule has 0 atom stereocenters. The van der Waals surface area contributed by atoms with Crippen molar-refractivity contribution >= 4 is 12.0 Å². The first-order valence-electron chi connectivity index (χ1n) is 7.84. The van der Waals surface area contributed by atoms with Gasteiger partial charge >= 0.3 is 0 Å². The molecular formula is C19H21NO7. The predicted octanol–water partition coefficient (Wildman–Crippen LogP) is 3.03. The molecule has 2 rings (SSSR count). The van der Waals surface area contributed by atoms with Crippen molar-refractivity contribution in [3.8, 4) is 34.5 Å². The summed E-state index contributed by atoms with van der Waals surface area (Å²) in [5, 5.41) is 8.62. The topological polar surface area (TPSA) is 95.5 Å². The van der Waals surface area contributed by atoms with Crippen molar-refractivity contribution in [2.24, 2.45) is 0 Å². The molecule has 0 saturated carbocycles. The smallest absolute Gasteiger partial charge is 0.267 e. The third kappa shape index (κ3) is 4.83. The summed E-state index contributed by atoms with van der Waals surface area (Å²) in [6.45, 7) is 0. The van der Waals surface area contributed by atoms with E-state index in [1.165, 1.54) is 46.1 Å². The van der Waals surface area contributed by atoms with Crippen molar-refractivity contribution in [1.82, 2.24) is 5.48 Å². The standard InChI is InChI=1S/C19H21NO7/c1-23-13-7-5-12(6-8-18(21)20-22)15(9-13)27-14-10-16(24-2)19(26-4)17(11-14)25-3/h5-11,22H,1-4H3,(H,20,21). The van der Waals surface area contributed by atoms with Crippen molar-refractivity contribution in [2.75, 3.05) is 28.4 Å². The minimum atomic E-state index is -0.662. The van der Waals surface area contributed by atoms with E-state index in [9.17, 15) is 4.79 Å². The zero-order chi connectivity index (χ0) is 19.8. The van der Waals surface area contributed by atoms with Gasteiger partial charge in [-0.3, -0.25) is 10.0 Å². The van der Waals surface area contributed by atoms with Gasteiger partial charge < -0.3 is 23.7 Å². The molecule has 144 valence electrons. The van der Waals surface area contributed by atoms with E-state index in [0.717, 1.165) is 0 Å². The summed E-state index contributed by atoms with van der Waals surface area (Å²) in [5.74, 6) is 2.08. The molecule has 0 bridgehead atoms. The number of hydrogen-bond donors (Lipinski definition) is 2. The van der Waals surface area contributed by atoms with E-state index in [1.54, 1.807) is 30.3 Å². The first-order chi connectivity index (χ1) is 13.1. The molecule has 0 spiro atoms. The Bertz CT molecular complexity index is 808. The Morgan fingerprint density at radius 2 is 1.52 bits per heavy atom. The molecule has 0 aliphatic rings. The van der Waals surface area contributed by atoms with Gasteiger partial charge in [-0.25, -0.2) is 5.48 Å². The predicted molar refractivity (Wildman–Crippen MR) is 98.1 cm³/mol. The van der Waals surface area contributed by atoms with Crippen LogP contribution in [0.4, 0.5) is 0 Å². The number of hydrogen-bond acceptors (Lipinski definition) is 7. The van der Waals surface area contributed by atoms with Gasteiger partial charge in [-0.05, 0) is 18.2 Å². The van der Waals surface area contributed by atoms with Crippen LogP contribution in [0, 0.1) is 0 Å². The molecule has 2 aromatic carbocycles. The maximum absolute atomic E-state index is 11.3. The third-order valence-electron chi connectivity index (χ3n) is 3.61. The first-order valence-corrected chi connectivity index (χ1v) is 7.84. The lowest BCUT2D eigenvalue weighted by atomic mass is 10.1. The van der Waals surface area contributed by atoms with E-state index >= 15 is 0 Å². The lowest BCUT2D eigenvalue weighted by Crippen LogP contribution is -2.14. The van der Waals surface area contributed by atoms with Crippen LogP contribution < -0.4 is 29.2 Å². The Morgan fingerprint density at radius 3 is 2.04 bits per heavy atom. The average Bonchev–Trinajstić information content (AvgIpc) is 2.71. The van der Waals surface area contributed by atoms with Crippen molar-refractivity contribution < 1.29 is 33.7 Å². The Kier molecular flexibility index (Phi) is 6.90. The zero-order valence-electron chi connectivity index (χ0n) is 15.4. The van der Waals surface area contributed by atoms with Gasteiger partial charge in [0.1, 0.15) is 17.2 Å². The highest BCUT2D eigenvalue weighted by Crippen LogP contribution is 2.42. The fourth-order valence-electron chi connectivity index (χ4n) is 2.31. The van der Waals surface area contributed by atoms with Crippen LogP contribution in [0.1, 0.15) is 5.56 Å². The van der Waals surface area contributed by atoms with Crippen molar-refractivity contribution in [1.29, 1.82) is 0 Å². The van der Waals surface area contributed by atoms with E-state index in [1.807, 2.05) is 0 Å². The average molecular weight is 375 g/mol. The normalized spacial score (nSPS) is 10.4. The molecule has 0 heterocycles. The number of benzene rings is 2. The molecule has 8 nitrogen and oxygen atoms in total. The molecule has 0 aromatic heterocycles. The van der Waals surface area contributed by atoms with E-state index in [0.29, 0.717) is 40.1 Å². The molecular weight excluding hydrogens is 354 g/mol. The summed E-state index contributed by atoms with van der Waals surface area (Å²) in [4.78, 5) is 11.3. The monoisotopic (exact) mass is 375 g/mol. The summed E-state index contributed by atoms with van der Waals surface area (Å²) in [7, 11) is 6.06. The highest BCUT2D eigenvalue weighted by atomic mass is 16.5. The Labute approximate surface area is 156 Å². The van der Waals surface area contributed by atoms with Gasteiger partial charge in [0.05, 0.1) is 28.4 Å². The number of nitrogens with one attached hydrogen (secondary N) is 1. The molecule has 1 amide bonds. The number of ether oxygens (including phenoxy) is 5. The van der Waals surface area contributed by atoms with Crippen LogP contribution in [0.2, 0.25) is 0 Å². The number of carbonyl (C=O) groups excluding carboxylic acids is 1. The Balaban J connectivity index is 2.46. The third-order valence-corrected chi connectivity index (χ3v) is 3.61. The van der Waals surface area contributed by atoms with E-state index < -0.39 is 5.91 Å². The number of carbonyl (C=O) groups is 1. The van der Waals surface area contributed by atoms with Crippen LogP contribution in [-0.4, -0.2) is 39.6 Å². The summed E-state index contributed by atoms with van der Waals surface area (Å²) in [6, 6.07) is 8.40. The molecule has 0 radical (unpaired) electrons. The Hall–Kier alpha value is -3.39. The molecule has 0 fully saturated rings. The summed E-state index contributed by atoms with van der Waals surface area (Å²) >= 11 is 0. The Morgan fingerprint density at radius 1 is 0.889 bits per heavy atom. The highest BCUT2D eigenvalue weighted by molar-refractivity contribution is 5.91. The molecule has 2 N–H and O–H groups in total. The first kappa shape index (κ1) is 19.9. The minimum absolute atomic E-state index is 0.422. The fourth-order valence-corrected chi connectivity index (χ4v) is 2.31. The molecule has 2 aromatic rings. The van der Waals surface area contributed by atoms with Gasteiger partial charge in [0, 0.05) is 29.8 Å². The van der Waals surface area contributed by atoms with Crippen LogP contribution >= 0.6 is 0 Å². The maximum atomic E-state index is 11.3. The zero-order valence-corrected chi connectivity index (χ0v) is 15.4. The van der Waals surface area contributed by atoms with Crippen molar-refractivity contribution in [3.05, 3.63) is 42.0 Å². The number of rotatable bonds is 8. The molecule has 8 heteroatoms. The SMILES string of the molecule is COc1ccc(C=CC(=O)NO)c(Oc2cc(OC)c(OC)c(OC)c2)c1. The lowest BCUT2D eigenvalue weighted by molar-refractivity contribution is -0.124. The number of hydroxylamine groups is 1. The van der Waals surface area contributed by atoms with Crippen molar-refractivity contribution in [2.45, 2.75) is 0 Å². The second-order valence-electron chi connectivity index (χ2n) is 5.18. The number of amides is 1. The van der Waals surface area contributed by atoms with Crippen LogP contribution in [0.25, 0.3) is 6.08 Å². The summed E-state index contributed by atoms with van der Waals surface area (Å²) < 4.78 is 27.1. The van der Waals surface area contributed by atoms with Crippen LogP contribution in [0.15, 0.2) is 36.4 Å². The lowest BCUT2D eigenvalue weighted by Gasteiger charge is -2.16. The van der Waals surface area contributed by atoms with Crippen LogP contribution in [0.3, 0.4) is 0 Å².